The summed E-state index contributed by atoms with van der Waals surface area (Å²) in [5, 5.41) is 6.17. The molecule has 1 atom stereocenters. The van der Waals surface area contributed by atoms with Crippen LogP contribution in [0.25, 0.3) is 0 Å². The van der Waals surface area contributed by atoms with Crippen molar-refractivity contribution < 1.29 is 9.59 Å². The Labute approximate surface area is 165 Å². The molecule has 1 aliphatic heterocycles. The van der Waals surface area contributed by atoms with E-state index >= 15 is 0 Å². The monoisotopic (exact) mass is 391 g/mol. The quantitative estimate of drug-likeness (QED) is 0.814. The van der Waals surface area contributed by atoms with Crippen LogP contribution in [0, 0.1) is 0 Å². The number of rotatable bonds is 5. The van der Waals surface area contributed by atoms with Gasteiger partial charge in [-0.3, -0.25) is 9.59 Å². The van der Waals surface area contributed by atoms with Crippen molar-refractivity contribution in [3.8, 4) is 0 Å². The lowest BCUT2D eigenvalue weighted by atomic mass is 10.1. The summed E-state index contributed by atoms with van der Waals surface area (Å²) >= 11 is 0. The van der Waals surface area contributed by atoms with Crippen LogP contribution < -0.4 is 10.6 Å². The predicted molar refractivity (Wildman–Crippen MR) is 106 cm³/mol. The molecule has 0 radical (unpaired) electrons. The fraction of sp³-hybridized carbons (Fsp3) is 0.421. The van der Waals surface area contributed by atoms with Gasteiger partial charge in [0.1, 0.15) is 11.9 Å². The molecular formula is C19H26ClN5O2. The number of imidazole rings is 1. The molecule has 2 heterocycles. The van der Waals surface area contributed by atoms with Crippen LogP contribution in [0.3, 0.4) is 0 Å². The summed E-state index contributed by atoms with van der Waals surface area (Å²) in [5.74, 6) is 0.620. The Morgan fingerprint density at radius 2 is 2.11 bits per heavy atom. The number of benzene rings is 1. The summed E-state index contributed by atoms with van der Waals surface area (Å²) < 4.78 is 1.94. The fourth-order valence-corrected chi connectivity index (χ4v) is 3.18. The first-order chi connectivity index (χ1) is 12.6. The second-order valence-corrected chi connectivity index (χ2v) is 6.45. The third-order valence-corrected chi connectivity index (χ3v) is 4.57. The Morgan fingerprint density at radius 3 is 2.81 bits per heavy atom. The second kappa shape index (κ2) is 9.53. The van der Waals surface area contributed by atoms with Crippen LogP contribution >= 0.6 is 12.4 Å². The summed E-state index contributed by atoms with van der Waals surface area (Å²) in [6.45, 7) is 4.62. The normalized spacial score (nSPS) is 16.5. The van der Waals surface area contributed by atoms with Crippen molar-refractivity contribution in [3.05, 3.63) is 53.6 Å². The third-order valence-electron chi connectivity index (χ3n) is 4.57. The average molecular weight is 392 g/mol. The Bertz CT molecular complexity index is 792. The number of aryl methyl sites for hydroxylation is 1. The molecule has 1 aromatic carbocycles. The van der Waals surface area contributed by atoms with Crippen LogP contribution in [0.2, 0.25) is 0 Å². The van der Waals surface area contributed by atoms with Gasteiger partial charge in [-0.1, -0.05) is 13.0 Å². The van der Waals surface area contributed by atoms with Crippen LogP contribution in [0.5, 0.6) is 0 Å². The molecule has 0 saturated carbocycles. The van der Waals surface area contributed by atoms with Crippen molar-refractivity contribution in [3.63, 3.8) is 0 Å². The first-order valence-electron chi connectivity index (χ1n) is 8.99. The van der Waals surface area contributed by atoms with Gasteiger partial charge in [-0.05, 0) is 24.6 Å². The smallest absolute Gasteiger partial charge is 0.254 e. The maximum Gasteiger partial charge on any atom is 0.254 e. The van der Waals surface area contributed by atoms with Gasteiger partial charge in [-0.15, -0.1) is 12.4 Å². The SMILES string of the molecule is CCCNC(=O)c1cccc(C(=O)N2CCNCC2c2nccn2C)c1.Cl. The number of hydrogen-bond acceptors (Lipinski definition) is 4. The summed E-state index contributed by atoms with van der Waals surface area (Å²) in [6, 6.07) is 6.79. The Hall–Kier alpha value is -2.38. The number of nitrogens with zero attached hydrogens (tertiary/aromatic N) is 3. The van der Waals surface area contributed by atoms with Crippen LogP contribution in [0.1, 0.15) is 45.9 Å². The highest BCUT2D eigenvalue weighted by atomic mass is 35.5. The number of carbonyl (C=O) groups is 2. The molecule has 7 nitrogen and oxygen atoms in total. The summed E-state index contributed by atoms with van der Waals surface area (Å²) in [5.41, 5.74) is 1.03. The molecule has 2 aromatic rings. The largest absolute Gasteiger partial charge is 0.352 e. The van der Waals surface area contributed by atoms with Crippen LogP contribution in [0.15, 0.2) is 36.7 Å². The highest BCUT2D eigenvalue weighted by molar-refractivity contribution is 5.99. The first kappa shape index (κ1) is 20.9. The first-order valence-corrected chi connectivity index (χ1v) is 8.99. The van der Waals surface area contributed by atoms with Crippen molar-refractivity contribution in [1.82, 2.24) is 25.1 Å². The molecule has 1 aromatic heterocycles. The Balaban J connectivity index is 0.00000261. The van der Waals surface area contributed by atoms with E-state index in [0.717, 1.165) is 18.8 Å². The van der Waals surface area contributed by atoms with Gasteiger partial charge in [0.25, 0.3) is 11.8 Å². The van der Waals surface area contributed by atoms with E-state index in [1.54, 1.807) is 30.5 Å². The number of hydrogen-bond donors (Lipinski definition) is 2. The average Bonchev–Trinajstić information content (AvgIpc) is 3.11. The molecule has 1 aliphatic rings. The van der Waals surface area contributed by atoms with Gasteiger partial charge in [-0.2, -0.15) is 0 Å². The topological polar surface area (TPSA) is 79.3 Å². The molecular weight excluding hydrogens is 366 g/mol. The van der Waals surface area contributed by atoms with E-state index in [4.69, 9.17) is 0 Å². The zero-order valence-corrected chi connectivity index (χ0v) is 16.5. The van der Waals surface area contributed by atoms with Crippen molar-refractivity contribution in [2.75, 3.05) is 26.2 Å². The van der Waals surface area contributed by atoms with E-state index in [0.29, 0.717) is 30.8 Å². The lowest BCUT2D eigenvalue weighted by molar-refractivity contribution is 0.0621. The highest BCUT2D eigenvalue weighted by Gasteiger charge is 2.31. The fourth-order valence-electron chi connectivity index (χ4n) is 3.18. The molecule has 8 heteroatoms. The maximum absolute atomic E-state index is 13.1. The van der Waals surface area contributed by atoms with Crippen molar-refractivity contribution in [1.29, 1.82) is 0 Å². The minimum absolute atomic E-state index is 0. The van der Waals surface area contributed by atoms with E-state index in [-0.39, 0.29) is 30.3 Å². The van der Waals surface area contributed by atoms with E-state index in [9.17, 15) is 9.59 Å². The lowest BCUT2D eigenvalue weighted by Crippen LogP contribution is -2.49. The van der Waals surface area contributed by atoms with Gasteiger partial charge >= 0.3 is 0 Å². The number of piperazine rings is 1. The van der Waals surface area contributed by atoms with Crippen LogP contribution in [-0.2, 0) is 7.05 Å². The van der Waals surface area contributed by atoms with Gasteiger partial charge in [0.15, 0.2) is 0 Å². The van der Waals surface area contributed by atoms with Gasteiger partial charge in [0, 0.05) is 56.7 Å². The molecule has 0 spiro atoms. The van der Waals surface area contributed by atoms with E-state index < -0.39 is 0 Å². The van der Waals surface area contributed by atoms with Gasteiger partial charge in [0.2, 0.25) is 0 Å². The molecule has 2 N–H and O–H groups in total. The maximum atomic E-state index is 13.1. The van der Waals surface area contributed by atoms with Crippen molar-refractivity contribution >= 4 is 24.2 Å². The molecule has 0 aliphatic carbocycles. The molecule has 3 rings (SSSR count). The summed E-state index contributed by atoms with van der Waals surface area (Å²) in [4.78, 5) is 31.6. The van der Waals surface area contributed by atoms with Gasteiger partial charge in [0.05, 0.1) is 0 Å². The van der Waals surface area contributed by atoms with Gasteiger partial charge < -0.3 is 20.1 Å². The van der Waals surface area contributed by atoms with Crippen LogP contribution in [0.4, 0.5) is 0 Å². The summed E-state index contributed by atoms with van der Waals surface area (Å²) in [6.07, 6.45) is 4.49. The minimum Gasteiger partial charge on any atom is -0.352 e. The Kier molecular flexibility index (Phi) is 7.38. The third kappa shape index (κ3) is 4.67. The molecule has 27 heavy (non-hydrogen) atoms. The van der Waals surface area contributed by atoms with Crippen LogP contribution in [-0.4, -0.2) is 52.4 Å². The molecule has 1 unspecified atom stereocenters. The van der Waals surface area contributed by atoms with Crippen molar-refractivity contribution in [2.45, 2.75) is 19.4 Å². The number of carbonyl (C=O) groups excluding carboxylic acids is 2. The number of aromatic nitrogens is 2. The van der Waals surface area contributed by atoms with Gasteiger partial charge in [-0.25, -0.2) is 4.98 Å². The standard InChI is InChI=1S/C19H25N5O2.ClH/c1-3-7-22-18(25)14-5-4-6-15(12-14)19(26)24-11-8-20-13-16(24)17-21-9-10-23(17)2;/h4-6,9-10,12,16,20H,3,7-8,11,13H2,1-2H3,(H,22,25);1H. The summed E-state index contributed by atoms with van der Waals surface area (Å²) in [7, 11) is 1.93. The minimum atomic E-state index is -0.150. The second-order valence-electron chi connectivity index (χ2n) is 6.45. The number of amides is 2. The van der Waals surface area contributed by atoms with E-state index in [1.165, 1.54) is 0 Å². The zero-order valence-electron chi connectivity index (χ0n) is 15.6. The zero-order chi connectivity index (χ0) is 18.5. The number of nitrogens with one attached hydrogen (secondary N) is 2. The molecule has 1 fully saturated rings. The molecule has 2 amide bonds. The molecule has 0 bridgehead atoms. The van der Waals surface area contributed by atoms with E-state index in [2.05, 4.69) is 15.6 Å². The highest BCUT2D eigenvalue weighted by Crippen LogP contribution is 2.23. The molecule has 146 valence electrons. The van der Waals surface area contributed by atoms with E-state index in [1.807, 2.05) is 29.6 Å². The predicted octanol–water partition coefficient (Wildman–Crippen LogP) is 1.77. The van der Waals surface area contributed by atoms with Crippen molar-refractivity contribution in [2.24, 2.45) is 7.05 Å². The lowest BCUT2D eigenvalue weighted by Gasteiger charge is -2.35. The number of halogens is 1. The Morgan fingerprint density at radius 1 is 1.33 bits per heavy atom. The molecule has 1 saturated heterocycles.